The summed E-state index contributed by atoms with van der Waals surface area (Å²) in [5, 5.41) is 8.41. The van der Waals surface area contributed by atoms with E-state index in [1.807, 2.05) is 0 Å². The molecular formula is C16H30O2. The Bertz CT molecular complexity index is 191. The van der Waals surface area contributed by atoms with Gasteiger partial charge in [-0.25, -0.2) is 0 Å². The zero-order valence-corrected chi connectivity index (χ0v) is 12.0. The molecule has 2 heteroatoms. The van der Waals surface area contributed by atoms with Crippen LogP contribution in [0.1, 0.15) is 71.1 Å². The summed E-state index contributed by atoms with van der Waals surface area (Å²) in [6, 6.07) is 0. The number of carboxylic acids is 1. The lowest BCUT2D eigenvalue weighted by atomic mass is 10.1. The van der Waals surface area contributed by atoms with E-state index in [0.29, 0.717) is 6.42 Å². The van der Waals surface area contributed by atoms with Crippen molar-refractivity contribution in [3.63, 3.8) is 0 Å². The maximum Gasteiger partial charge on any atom is 0.303 e. The van der Waals surface area contributed by atoms with Crippen LogP contribution in [0.25, 0.3) is 0 Å². The summed E-state index contributed by atoms with van der Waals surface area (Å²) in [5.41, 5.74) is 0. The summed E-state index contributed by atoms with van der Waals surface area (Å²) in [5.74, 6) is -0.659. The number of hydrogen-bond acceptors (Lipinski definition) is 1. The second-order valence-electron chi connectivity index (χ2n) is 4.44. The first-order valence-electron chi connectivity index (χ1n) is 7.14. The first-order valence-corrected chi connectivity index (χ1v) is 7.14. The zero-order chi connectivity index (χ0) is 14.1. The van der Waals surface area contributed by atoms with Crippen LogP contribution in [0.4, 0.5) is 0 Å². The van der Waals surface area contributed by atoms with Gasteiger partial charge in [-0.15, -0.1) is 0 Å². The van der Waals surface area contributed by atoms with Crippen molar-refractivity contribution in [1.82, 2.24) is 0 Å². The number of carbonyl (C=O) groups is 1. The van der Waals surface area contributed by atoms with Crippen molar-refractivity contribution in [2.75, 3.05) is 0 Å². The maximum atomic E-state index is 10.2. The molecule has 0 radical (unpaired) electrons. The summed E-state index contributed by atoms with van der Waals surface area (Å²) in [4.78, 5) is 10.2. The Morgan fingerprint density at radius 2 is 1.28 bits per heavy atom. The number of unbranched alkanes of at least 4 members (excludes halogenated alkanes) is 8. The minimum atomic E-state index is -0.659. The summed E-state index contributed by atoms with van der Waals surface area (Å²) < 4.78 is 0. The van der Waals surface area contributed by atoms with Gasteiger partial charge < -0.3 is 5.11 Å². The van der Waals surface area contributed by atoms with Crippen molar-refractivity contribution in [2.45, 2.75) is 71.1 Å². The molecule has 0 aromatic heterocycles. The van der Waals surface area contributed by atoms with E-state index in [0.717, 1.165) is 12.8 Å². The van der Waals surface area contributed by atoms with Crippen molar-refractivity contribution in [1.29, 1.82) is 0 Å². The second kappa shape index (κ2) is 18.3. The van der Waals surface area contributed by atoms with E-state index in [2.05, 4.69) is 20.1 Å². The van der Waals surface area contributed by atoms with E-state index < -0.39 is 5.97 Å². The average Bonchev–Trinajstić information content (AvgIpc) is 2.37. The Morgan fingerprint density at radius 3 is 1.61 bits per heavy atom. The predicted molar refractivity (Wildman–Crippen MR) is 79.9 cm³/mol. The summed E-state index contributed by atoms with van der Waals surface area (Å²) >= 11 is 0. The number of aliphatic carboxylic acids is 1. The van der Waals surface area contributed by atoms with Crippen LogP contribution in [0.5, 0.6) is 0 Å². The summed E-state index contributed by atoms with van der Waals surface area (Å²) in [7, 11) is 0. The quantitative estimate of drug-likeness (QED) is 0.398. The van der Waals surface area contributed by atoms with Gasteiger partial charge in [0, 0.05) is 6.42 Å². The van der Waals surface area contributed by atoms with Crippen LogP contribution < -0.4 is 0 Å². The van der Waals surface area contributed by atoms with Gasteiger partial charge in [0.15, 0.2) is 0 Å². The Balaban J connectivity index is 0. The minimum Gasteiger partial charge on any atom is -0.481 e. The maximum absolute atomic E-state index is 10.2. The lowest BCUT2D eigenvalue weighted by molar-refractivity contribution is -0.137. The van der Waals surface area contributed by atoms with Crippen molar-refractivity contribution >= 4 is 5.97 Å². The molecule has 0 rings (SSSR count). The molecule has 0 fully saturated rings. The Hall–Kier alpha value is -1.05. The smallest absolute Gasteiger partial charge is 0.303 e. The number of allylic oxidation sites excluding steroid dienone is 2. The van der Waals surface area contributed by atoms with Gasteiger partial charge >= 0.3 is 5.97 Å². The van der Waals surface area contributed by atoms with Crippen molar-refractivity contribution < 1.29 is 9.90 Å². The fourth-order valence-corrected chi connectivity index (χ4v) is 1.59. The van der Waals surface area contributed by atoms with E-state index in [-0.39, 0.29) is 0 Å². The first-order chi connectivity index (χ1) is 8.68. The Morgan fingerprint density at radius 1 is 0.889 bits per heavy atom. The number of carboxylic acid groups (broad SMARTS) is 1. The summed E-state index contributed by atoms with van der Waals surface area (Å²) in [6.07, 6.45) is 14.8. The van der Waals surface area contributed by atoms with Crippen molar-refractivity contribution in [2.24, 2.45) is 0 Å². The number of rotatable bonds is 11. The highest BCUT2D eigenvalue weighted by Gasteiger charge is 1.96. The van der Waals surface area contributed by atoms with E-state index in [1.54, 1.807) is 12.2 Å². The molecule has 0 aromatic carbocycles. The molecule has 0 aromatic rings. The topological polar surface area (TPSA) is 37.3 Å². The van der Waals surface area contributed by atoms with Gasteiger partial charge in [0.2, 0.25) is 0 Å². The van der Waals surface area contributed by atoms with E-state index in [1.165, 1.54) is 44.9 Å². The van der Waals surface area contributed by atoms with Crippen LogP contribution in [0.2, 0.25) is 0 Å². The third kappa shape index (κ3) is 24.3. The van der Waals surface area contributed by atoms with E-state index in [4.69, 9.17) is 5.11 Å². The van der Waals surface area contributed by atoms with Crippen LogP contribution in [0.3, 0.4) is 0 Å². The van der Waals surface area contributed by atoms with E-state index in [9.17, 15) is 4.79 Å². The van der Waals surface area contributed by atoms with Crippen LogP contribution in [0, 0.1) is 0 Å². The standard InChI is InChI=1S/C12H24O2.C4H6/c1-2-3-4-5-6-7-8-9-10-11-12(13)14;1-3-4-2/h2-11H2,1H3,(H,13,14);3-4H,1-2H2. The van der Waals surface area contributed by atoms with Gasteiger partial charge in [-0.1, -0.05) is 83.6 Å². The molecule has 0 saturated heterocycles. The molecule has 106 valence electrons. The molecular weight excluding hydrogens is 224 g/mol. The molecule has 0 aliphatic rings. The largest absolute Gasteiger partial charge is 0.481 e. The third-order valence-electron chi connectivity index (χ3n) is 2.66. The summed E-state index contributed by atoms with van der Waals surface area (Å²) in [6.45, 7) is 8.95. The van der Waals surface area contributed by atoms with Crippen molar-refractivity contribution in [3.8, 4) is 0 Å². The van der Waals surface area contributed by atoms with Gasteiger partial charge in [-0.3, -0.25) is 4.79 Å². The molecule has 0 amide bonds. The van der Waals surface area contributed by atoms with Gasteiger partial charge in [-0.05, 0) is 6.42 Å². The predicted octanol–water partition coefficient (Wildman–Crippen LogP) is 5.35. The molecule has 0 bridgehead atoms. The highest BCUT2D eigenvalue weighted by Crippen LogP contribution is 2.10. The van der Waals surface area contributed by atoms with Crippen LogP contribution >= 0.6 is 0 Å². The molecule has 0 heterocycles. The second-order valence-corrected chi connectivity index (χ2v) is 4.44. The highest BCUT2D eigenvalue weighted by molar-refractivity contribution is 5.66. The number of hydrogen-bond donors (Lipinski definition) is 1. The van der Waals surface area contributed by atoms with Crippen LogP contribution in [0.15, 0.2) is 25.3 Å². The molecule has 0 aliphatic carbocycles. The molecule has 18 heavy (non-hydrogen) atoms. The lowest BCUT2D eigenvalue weighted by Crippen LogP contribution is -1.93. The normalized spacial score (nSPS) is 9.17. The molecule has 1 N–H and O–H groups in total. The fourth-order valence-electron chi connectivity index (χ4n) is 1.59. The Labute approximate surface area is 113 Å². The molecule has 0 spiro atoms. The van der Waals surface area contributed by atoms with Crippen LogP contribution in [-0.4, -0.2) is 11.1 Å². The molecule has 2 nitrogen and oxygen atoms in total. The molecule has 0 atom stereocenters. The van der Waals surface area contributed by atoms with Gasteiger partial charge in [0.05, 0.1) is 0 Å². The van der Waals surface area contributed by atoms with Gasteiger partial charge in [0.1, 0.15) is 0 Å². The average molecular weight is 254 g/mol. The van der Waals surface area contributed by atoms with Gasteiger partial charge in [-0.2, -0.15) is 0 Å². The zero-order valence-electron chi connectivity index (χ0n) is 12.0. The third-order valence-corrected chi connectivity index (χ3v) is 2.66. The van der Waals surface area contributed by atoms with Gasteiger partial charge in [0.25, 0.3) is 0 Å². The Kier molecular flexibility index (Phi) is 19.6. The van der Waals surface area contributed by atoms with Crippen molar-refractivity contribution in [3.05, 3.63) is 25.3 Å². The van der Waals surface area contributed by atoms with E-state index >= 15 is 0 Å². The SMILES string of the molecule is C=CC=C.CCCCCCCCCCCC(=O)O. The monoisotopic (exact) mass is 254 g/mol. The molecule has 0 saturated carbocycles. The lowest BCUT2D eigenvalue weighted by Gasteiger charge is -2.00. The minimum absolute atomic E-state index is 0.343. The highest BCUT2D eigenvalue weighted by atomic mass is 16.4. The molecule has 0 aliphatic heterocycles. The fraction of sp³-hybridized carbons (Fsp3) is 0.688. The first kappa shape index (κ1) is 19.3. The molecule has 0 unspecified atom stereocenters. The van der Waals surface area contributed by atoms with Crippen LogP contribution in [-0.2, 0) is 4.79 Å².